The van der Waals surface area contributed by atoms with Gasteiger partial charge in [0.25, 0.3) is 0 Å². The summed E-state index contributed by atoms with van der Waals surface area (Å²) >= 11 is 0. The highest BCUT2D eigenvalue weighted by Crippen LogP contribution is 2.06. The van der Waals surface area contributed by atoms with E-state index >= 15 is 0 Å². The van der Waals surface area contributed by atoms with E-state index in [0.29, 0.717) is 5.76 Å². The quantitative estimate of drug-likeness (QED) is 0.362. The third kappa shape index (κ3) is 13.0. The number of unbranched alkanes of at least 4 members (excludes halogenated alkanes) is 4. The van der Waals surface area contributed by atoms with E-state index in [1.54, 1.807) is 0 Å². The summed E-state index contributed by atoms with van der Waals surface area (Å²) in [5, 5.41) is 12.2. The van der Waals surface area contributed by atoms with Crippen molar-refractivity contribution in [3.05, 3.63) is 24.6 Å². The Morgan fingerprint density at radius 2 is 1.59 bits per heavy atom. The van der Waals surface area contributed by atoms with Crippen LogP contribution in [-0.2, 0) is 0 Å². The van der Waals surface area contributed by atoms with Crippen molar-refractivity contribution >= 4 is 0 Å². The summed E-state index contributed by atoms with van der Waals surface area (Å²) in [6, 6.07) is 0. The van der Waals surface area contributed by atoms with Gasteiger partial charge in [0.05, 0.1) is 5.76 Å². The second-order valence-corrected chi connectivity index (χ2v) is 4.51. The lowest BCUT2D eigenvalue weighted by Gasteiger charge is -2.09. The van der Waals surface area contributed by atoms with Crippen LogP contribution in [0.2, 0.25) is 0 Å². The number of allylic oxidation sites excluding steroid dienone is 2. The van der Waals surface area contributed by atoms with Crippen LogP contribution >= 0.6 is 0 Å². The highest BCUT2D eigenvalue weighted by atomic mass is 16.3. The lowest BCUT2D eigenvalue weighted by molar-refractivity contribution is 0.383. The zero-order valence-corrected chi connectivity index (χ0v) is 11.0. The minimum Gasteiger partial charge on any atom is -0.513 e. The summed E-state index contributed by atoms with van der Waals surface area (Å²) in [6.07, 6.45) is 8.50. The molecule has 0 rings (SSSR count). The molecule has 0 aromatic rings. The van der Waals surface area contributed by atoms with Gasteiger partial charge in [0.2, 0.25) is 0 Å². The fraction of sp³-hybridized carbons (Fsp3) is 0.714. The molecule has 0 bridgehead atoms. The monoisotopic (exact) mass is 240 g/mol. The van der Waals surface area contributed by atoms with Crippen LogP contribution in [0.15, 0.2) is 24.6 Å². The molecule has 0 aliphatic carbocycles. The molecule has 0 aromatic heterocycles. The van der Waals surface area contributed by atoms with Gasteiger partial charge >= 0.3 is 0 Å². The van der Waals surface area contributed by atoms with Crippen LogP contribution in [0.5, 0.6) is 0 Å². The van der Waals surface area contributed by atoms with Crippen molar-refractivity contribution in [3.8, 4) is 0 Å². The first kappa shape index (κ1) is 16.0. The average Bonchev–Trinajstić information content (AvgIpc) is 2.29. The molecular formula is C14H28N2O. The molecule has 0 saturated heterocycles. The van der Waals surface area contributed by atoms with Crippen molar-refractivity contribution in [2.24, 2.45) is 5.73 Å². The maximum absolute atomic E-state index is 8.90. The second kappa shape index (κ2) is 11.5. The van der Waals surface area contributed by atoms with E-state index < -0.39 is 0 Å². The Kier molecular flexibility index (Phi) is 10.9. The number of rotatable bonds is 12. The molecule has 0 fully saturated rings. The highest BCUT2D eigenvalue weighted by molar-refractivity contribution is 4.90. The molecule has 100 valence electrons. The molecule has 0 saturated carbocycles. The minimum atomic E-state index is 0.294. The second-order valence-electron chi connectivity index (χ2n) is 4.51. The van der Waals surface area contributed by atoms with Gasteiger partial charge in [0.1, 0.15) is 0 Å². The molecule has 3 nitrogen and oxygen atoms in total. The molecule has 0 aromatic carbocycles. The Labute approximate surface area is 106 Å². The van der Waals surface area contributed by atoms with Crippen molar-refractivity contribution in [3.63, 3.8) is 0 Å². The lowest BCUT2D eigenvalue weighted by Crippen LogP contribution is -2.14. The maximum Gasteiger partial charge on any atom is 0.0851 e. The number of nitrogens with one attached hydrogen (secondary N) is 1. The van der Waals surface area contributed by atoms with E-state index in [-0.39, 0.29) is 0 Å². The number of aliphatic hydroxyl groups is 1. The Morgan fingerprint density at radius 3 is 2.24 bits per heavy atom. The minimum absolute atomic E-state index is 0.294. The molecule has 0 aliphatic rings. The first-order valence-corrected chi connectivity index (χ1v) is 6.65. The number of aliphatic hydroxyl groups excluding tert-OH is 1. The summed E-state index contributed by atoms with van der Waals surface area (Å²) in [7, 11) is 0. The van der Waals surface area contributed by atoms with Gasteiger partial charge in [-0.15, -0.1) is 0 Å². The van der Waals surface area contributed by atoms with Crippen LogP contribution < -0.4 is 11.1 Å². The van der Waals surface area contributed by atoms with Gasteiger partial charge in [-0.1, -0.05) is 26.0 Å². The smallest absolute Gasteiger partial charge is 0.0851 e. The van der Waals surface area contributed by atoms with Gasteiger partial charge in [0, 0.05) is 18.7 Å². The molecule has 17 heavy (non-hydrogen) atoms. The number of hydrogen-bond donors (Lipinski definition) is 3. The van der Waals surface area contributed by atoms with Gasteiger partial charge < -0.3 is 16.2 Å². The third-order valence-corrected chi connectivity index (χ3v) is 2.70. The molecule has 0 atom stereocenters. The van der Waals surface area contributed by atoms with E-state index in [0.717, 1.165) is 57.3 Å². The predicted molar refractivity (Wildman–Crippen MR) is 74.9 cm³/mol. The van der Waals surface area contributed by atoms with E-state index in [1.807, 2.05) is 0 Å². The van der Waals surface area contributed by atoms with Crippen LogP contribution in [0.25, 0.3) is 0 Å². The summed E-state index contributed by atoms with van der Waals surface area (Å²) in [5.41, 5.74) is 6.56. The van der Waals surface area contributed by atoms with E-state index in [9.17, 15) is 0 Å². The zero-order chi connectivity index (χ0) is 12.9. The molecular weight excluding hydrogens is 212 g/mol. The fourth-order valence-corrected chi connectivity index (χ4v) is 1.64. The van der Waals surface area contributed by atoms with Gasteiger partial charge in [-0.3, -0.25) is 0 Å². The van der Waals surface area contributed by atoms with Crippen LogP contribution in [0.1, 0.15) is 51.4 Å². The lowest BCUT2D eigenvalue weighted by atomic mass is 10.1. The number of nitrogens with two attached hydrogens (primary N) is 1. The van der Waals surface area contributed by atoms with Crippen LogP contribution in [0.4, 0.5) is 0 Å². The average molecular weight is 240 g/mol. The van der Waals surface area contributed by atoms with Crippen molar-refractivity contribution in [2.75, 3.05) is 13.1 Å². The van der Waals surface area contributed by atoms with Crippen molar-refractivity contribution in [1.29, 1.82) is 0 Å². The summed E-state index contributed by atoms with van der Waals surface area (Å²) in [4.78, 5) is 0. The highest BCUT2D eigenvalue weighted by Gasteiger charge is 1.95. The first-order valence-electron chi connectivity index (χ1n) is 6.65. The summed E-state index contributed by atoms with van der Waals surface area (Å²) in [6.45, 7) is 9.24. The van der Waals surface area contributed by atoms with Gasteiger partial charge in [-0.05, 0) is 38.6 Å². The van der Waals surface area contributed by atoms with Crippen molar-refractivity contribution < 1.29 is 5.11 Å². The fourth-order valence-electron chi connectivity index (χ4n) is 1.64. The topological polar surface area (TPSA) is 58.3 Å². The molecule has 0 aliphatic heterocycles. The number of hydrogen-bond acceptors (Lipinski definition) is 3. The van der Waals surface area contributed by atoms with E-state index in [2.05, 4.69) is 18.5 Å². The molecule has 0 unspecified atom stereocenters. The Bertz CT molecular complexity index is 214. The van der Waals surface area contributed by atoms with Crippen molar-refractivity contribution in [1.82, 2.24) is 5.32 Å². The van der Waals surface area contributed by atoms with Gasteiger partial charge in [0.15, 0.2) is 0 Å². The molecule has 3 heteroatoms. The summed E-state index contributed by atoms with van der Waals surface area (Å²) < 4.78 is 0. The molecule has 0 radical (unpaired) electrons. The van der Waals surface area contributed by atoms with Crippen LogP contribution in [-0.4, -0.2) is 18.2 Å². The standard InChI is InChI=1S/C14H28N2O/c1-13(9-5-3-7-11-15)16-12-8-4-6-10-14(2)17/h16-17H,1-12,15H2. The normalized spacial score (nSPS) is 10.2. The predicted octanol–water partition coefficient (Wildman–Crippen LogP) is 3.24. The van der Waals surface area contributed by atoms with E-state index in [4.69, 9.17) is 10.8 Å². The Hall–Kier alpha value is -0.960. The molecule has 4 N–H and O–H groups in total. The van der Waals surface area contributed by atoms with Gasteiger partial charge in [-0.25, -0.2) is 0 Å². The molecule has 0 amide bonds. The third-order valence-electron chi connectivity index (χ3n) is 2.70. The first-order chi connectivity index (χ1) is 8.16. The van der Waals surface area contributed by atoms with Crippen molar-refractivity contribution in [2.45, 2.75) is 51.4 Å². The Balaban J connectivity index is 3.19. The largest absolute Gasteiger partial charge is 0.513 e. The molecule has 0 heterocycles. The SMILES string of the molecule is C=C(O)CCCCCNC(=C)CCCCCN. The van der Waals surface area contributed by atoms with Gasteiger partial charge in [-0.2, -0.15) is 0 Å². The van der Waals surface area contributed by atoms with Crippen LogP contribution in [0, 0.1) is 0 Å². The molecule has 0 spiro atoms. The van der Waals surface area contributed by atoms with Crippen LogP contribution in [0.3, 0.4) is 0 Å². The zero-order valence-electron chi connectivity index (χ0n) is 11.0. The summed E-state index contributed by atoms with van der Waals surface area (Å²) in [5.74, 6) is 0.294. The maximum atomic E-state index is 8.90. The van der Waals surface area contributed by atoms with E-state index in [1.165, 1.54) is 12.8 Å². The Morgan fingerprint density at radius 1 is 0.941 bits per heavy atom.